The lowest BCUT2D eigenvalue weighted by Crippen LogP contribution is -2.37. The Morgan fingerprint density at radius 2 is 2.50 bits per heavy atom. The largest absolute Gasteiger partial charge is 0.338 e. The van der Waals surface area contributed by atoms with Gasteiger partial charge in [-0.05, 0) is 19.1 Å². The van der Waals surface area contributed by atoms with Crippen molar-refractivity contribution in [1.82, 2.24) is 4.90 Å². The van der Waals surface area contributed by atoms with Gasteiger partial charge in [0.2, 0.25) is 5.91 Å². The second-order valence-electron chi connectivity index (χ2n) is 2.97. The smallest absolute Gasteiger partial charge is 0.232 e. The fourth-order valence-corrected chi connectivity index (χ4v) is 2.62. The van der Waals surface area contributed by atoms with Crippen molar-refractivity contribution >= 4 is 33.6 Å². The van der Waals surface area contributed by atoms with E-state index in [0.29, 0.717) is 17.7 Å². The zero-order valence-corrected chi connectivity index (χ0v) is 9.66. The maximum atomic E-state index is 11.5. The highest BCUT2D eigenvalue weighted by atomic mass is 79.9. The van der Waals surface area contributed by atoms with Gasteiger partial charge in [0, 0.05) is 17.9 Å². The van der Waals surface area contributed by atoms with Crippen molar-refractivity contribution in [3.05, 3.63) is 0 Å². The average Bonchev–Trinajstić information content (AvgIpc) is 2.51. The van der Waals surface area contributed by atoms with Crippen LogP contribution in [-0.2, 0) is 4.79 Å². The van der Waals surface area contributed by atoms with Gasteiger partial charge in [-0.3, -0.25) is 4.79 Å². The summed E-state index contributed by atoms with van der Waals surface area (Å²) >= 11 is 5.04. The van der Waals surface area contributed by atoms with E-state index in [1.807, 2.05) is 11.2 Å². The highest BCUT2D eigenvalue weighted by Gasteiger charge is 2.26. The maximum Gasteiger partial charge on any atom is 0.232 e. The normalized spacial score (nSPS) is 23.2. The fourth-order valence-electron chi connectivity index (χ4n) is 1.53. The van der Waals surface area contributed by atoms with Crippen molar-refractivity contribution in [3.63, 3.8) is 0 Å². The minimum absolute atomic E-state index is 0.296. The number of hydrogen-bond donors (Lipinski definition) is 0. The van der Waals surface area contributed by atoms with Gasteiger partial charge in [-0.25, -0.2) is 0 Å². The van der Waals surface area contributed by atoms with Crippen LogP contribution in [0.3, 0.4) is 0 Å². The summed E-state index contributed by atoms with van der Waals surface area (Å²) < 4.78 is 0. The lowest BCUT2D eigenvalue weighted by Gasteiger charge is -2.22. The van der Waals surface area contributed by atoms with Gasteiger partial charge in [-0.1, -0.05) is 15.9 Å². The van der Waals surface area contributed by atoms with E-state index in [0.717, 1.165) is 24.7 Å². The summed E-state index contributed by atoms with van der Waals surface area (Å²) in [6.07, 6.45) is 4.29. The third-order valence-electron chi connectivity index (χ3n) is 2.14. The molecule has 1 saturated heterocycles. The molecule has 0 aromatic carbocycles. The van der Waals surface area contributed by atoms with Gasteiger partial charge >= 0.3 is 0 Å². The summed E-state index contributed by atoms with van der Waals surface area (Å²) in [5, 5.41) is 0.924. The highest BCUT2D eigenvalue weighted by molar-refractivity contribution is 9.09. The summed E-state index contributed by atoms with van der Waals surface area (Å²) in [6, 6.07) is 0.449. The van der Waals surface area contributed by atoms with E-state index in [9.17, 15) is 4.79 Å². The topological polar surface area (TPSA) is 20.3 Å². The van der Waals surface area contributed by atoms with Crippen LogP contribution in [0, 0.1) is 0 Å². The highest BCUT2D eigenvalue weighted by Crippen LogP contribution is 2.19. The van der Waals surface area contributed by atoms with E-state index in [-0.39, 0.29) is 0 Å². The van der Waals surface area contributed by atoms with Gasteiger partial charge in [0.05, 0.1) is 5.75 Å². The van der Waals surface area contributed by atoms with Crippen molar-refractivity contribution in [2.75, 3.05) is 23.9 Å². The van der Waals surface area contributed by atoms with Gasteiger partial charge < -0.3 is 4.90 Å². The fraction of sp³-hybridized carbons (Fsp3) is 0.875. The predicted molar refractivity (Wildman–Crippen MR) is 56.9 cm³/mol. The van der Waals surface area contributed by atoms with Gasteiger partial charge in [0.25, 0.3) is 0 Å². The number of hydrogen-bond acceptors (Lipinski definition) is 2. The molecule has 0 bridgehead atoms. The number of halogens is 1. The molecule has 1 heterocycles. The number of rotatable bonds is 3. The van der Waals surface area contributed by atoms with Crippen molar-refractivity contribution in [1.29, 1.82) is 0 Å². The van der Waals surface area contributed by atoms with Crippen molar-refractivity contribution in [3.8, 4) is 0 Å². The van der Waals surface area contributed by atoms with Crippen LogP contribution in [0.2, 0.25) is 0 Å². The van der Waals surface area contributed by atoms with Gasteiger partial charge in [0.15, 0.2) is 0 Å². The predicted octanol–water partition coefficient (Wildman–Crippen LogP) is 1.74. The van der Waals surface area contributed by atoms with E-state index in [1.165, 1.54) is 0 Å². The lowest BCUT2D eigenvalue weighted by molar-refractivity contribution is -0.128. The van der Waals surface area contributed by atoms with E-state index < -0.39 is 0 Å². The SMILES string of the molecule is CSCC(=O)N1CCCC1CBr. The Morgan fingerprint density at radius 3 is 3.08 bits per heavy atom. The van der Waals surface area contributed by atoms with Crippen molar-refractivity contribution in [2.45, 2.75) is 18.9 Å². The molecule has 1 unspecified atom stereocenters. The van der Waals surface area contributed by atoms with E-state index >= 15 is 0 Å². The van der Waals surface area contributed by atoms with Crippen LogP contribution < -0.4 is 0 Å². The minimum atomic E-state index is 0.296. The molecule has 70 valence electrons. The molecule has 4 heteroatoms. The van der Waals surface area contributed by atoms with Crippen molar-refractivity contribution in [2.24, 2.45) is 0 Å². The van der Waals surface area contributed by atoms with E-state index in [2.05, 4.69) is 15.9 Å². The molecule has 1 atom stereocenters. The minimum Gasteiger partial charge on any atom is -0.338 e. The molecule has 0 aromatic heterocycles. The number of likely N-dealkylation sites (tertiary alicyclic amines) is 1. The number of alkyl halides is 1. The Labute approximate surface area is 86.2 Å². The molecular formula is C8H14BrNOS. The number of nitrogens with zero attached hydrogens (tertiary/aromatic N) is 1. The standard InChI is InChI=1S/C8H14BrNOS/c1-12-6-8(11)10-4-2-3-7(10)5-9/h7H,2-6H2,1H3. The van der Waals surface area contributed by atoms with Crippen LogP contribution in [0.25, 0.3) is 0 Å². The van der Waals surface area contributed by atoms with Crippen LogP contribution in [0.5, 0.6) is 0 Å². The Balaban J connectivity index is 2.43. The first-order chi connectivity index (χ1) is 5.79. The quantitative estimate of drug-likeness (QED) is 0.713. The summed E-state index contributed by atoms with van der Waals surface area (Å²) in [6.45, 7) is 0.954. The third-order valence-corrected chi connectivity index (χ3v) is 3.43. The molecular weight excluding hydrogens is 238 g/mol. The molecule has 1 rings (SSSR count). The molecule has 1 amide bonds. The molecule has 0 aromatic rings. The first kappa shape index (κ1) is 10.4. The van der Waals surface area contributed by atoms with Crippen LogP contribution in [0.1, 0.15) is 12.8 Å². The maximum absolute atomic E-state index is 11.5. The zero-order valence-electron chi connectivity index (χ0n) is 7.25. The van der Waals surface area contributed by atoms with Gasteiger partial charge in [-0.15, -0.1) is 0 Å². The zero-order chi connectivity index (χ0) is 8.97. The Bertz CT molecular complexity index is 165. The Kier molecular flexibility index (Phi) is 4.43. The van der Waals surface area contributed by atoms with Crippen molar-refractivity contribution < 1.29 is 4.79 Å². The lowest BCUT2D eigenvalue weighted by atomic mass is 10.2. The van der Waals surface area contributed by atoms with Crippen LogP contribution >= 0.6 is 27.7 Å². The molecule has 1 fully saturated rings. The number of amides is 1. The Hall–Kier alpha value is 0.300. The van der Waals surface area contributed by atoms with Gasteiger partial charge in [-0.2, -0.15) is 11.8 Å². The molecule has 0 spiro atoms. The molecule has 2 nitrogen and oxygen atoms in total. The van der Waals surface area contributed by atoms with Gasteiger partial charge in [0.1, 0.15) is 0 Å². The molecule has 12 heavy (non-hydrogen) atoms. The number of thioether (sulfide) groups is 1. The molecule has 0 aliphatic carbocycles. The Morgan fingerprint density at radius 1 is 1.75 bits per heavy atom. The summed E-state index contributed by atoms with van der Waals surface area (Å²) in [5.41, 5.74) is 0. The summed E-state index contributed by atoms with van der Waals surface area (Å²) in [4.78, 5) is 13.5. The third kappa shape index (κ3) is 2.39. The first-order valence-corrected chi connectivity index (χ1v) is 6.65. The van der Waals surface area contributed by atoms with E-state index in [1.54, 1.807) is 11.8 Å². The number of carbonyl (C=O) groups excluding carboxylic acids is 1. The molecule has 0 radical (unpaired) electrons. The summed E-state index contributed by atoms with van der Waals surface area (Å²) in [5.74, 6) is 0.924. The summed E-state index contributed by atoms with van der Waals surface area (Å²) in [7, 11) is 0. The number of carbonyl (C=O) groups is 1. The average molecular weight is 252 g/mol. The molecule has 0 saturated carbocycles. The monoisotopic (exact) mass is 251 g/mol. The van der Waals surface area contributed by atoms with Crippen LogP contribution in [0.4, 0.5) is 0 Å². The first-order valence-electron chi connectivity index (χ1n) is 4.14. The van der Waals surface area contributed by atoms with Crippen LogP contribution in [0.15, 0.2) is 0 Å². The second kappa shape index (κ2) is 5.12. The molecule has 0 N–H and O–H groups in total. The van der Waals surface area contributed by atoms with Crippen LogP contribution in [-0.4, -0.2) is 40.7 Å². The molecule has 1 aliphatic heterocycles. The molecule has 1 aliphatic rings. The second-order valence-corrected chi connectivity index (χ2v) is 4.48. The van der Waals surface area contributed by atoms with E-state index in [4.69, 9.17) is 0 Å².